The van der Waals surface area contributed by atoms with E-state index >= 15 is 0 Å². The lowest BCUT2D eigenvalue weighted by Gasteiger charge is -2.08. The van der Waals surface area contributed by atoms with Crippen LogP contribution in [-0.4, -0.2) is 26.4 Å². The number of hydrogen-bond donors (Lipinski definition) is 2. The highest BCUT2D eigenvalue weighted by atomic mass is 16.2. The van der Waals surface area contributed by atoms with Crippen molar-refractivity contribution in [1.29, 1.82) is 0 Å². The number of anilines is 2. The molecule has 0 bridgehead atoms. The molecule has 0 aliphatic carbocycles. The Morgan fingerprint density at radius 1 is 0.967 bits per heavy atom. The van der Waals surface area contributed by atoms with E-state index in [-0.39, 0.29) is 11.8 Å². The Bertz CT molecular complexity index is 1200. The maximum absolute atomic E-state index is 12.9. The number of nitrogens with one attached hydrogen (secondary N) is 2. The molecule has 2 amide bonds. The highest BCUT2D eigenvalue weighted by Crippen LogP contribution is 2.22. The van der Waals surface area contributed by atoms with Crippen LogP contribution in [0.4, 0.5) is 11.4 Å². The fraction of sp³-hybridized carbons (Fsp3) is 0.130. The fourth-order valence-electron chi connectivity index (χ4n) is 3.20. The van der Waals surface area contributed by atoms with Gasteiger partial charge in [0.05, 0.1) is 11.9 Å². The van der Waals surface area contributed by atoms with Crippen molar-refractivity contribution in [1.82, 2.24) is 14.6 Å². The van der Waals surface area contributed by atoms with Crippen molar-refractivity contribution < 1.29 is 9.59 Å². The van der Waals surface area contributed by atoms with Crippen molar-refractivity contribution in [2.45, 2.75) is 19.8 Å². The van der Waals surface area contributed by atoms with Crippen molar-refractivity contribution in [3.63, 3.8) is 0 Å². The Labute approximate surface area is 173 Å². The normalized spacial score (nSPS) is 10.7. The molecule has 30 heavy (non-hydrogen) atoms. The summed E-state index contributed by atoms with van der Waals surface area (Å²) in [6.07, 6.45) is 4.40. The quantitative estimate of drug-likeness (QED) is 0.503. The lowest BCUT2D eigenvalue weighted by molar-refractivity contribution is -0.116. The van der Waals surface area contributed by atoms with Crippen LogP contribution in [-0.2, 0) is 4.79 Å². The molecule has 7 heteroatoms. The SMILES string of the molecule is CCCC(=O)Nc1cccc(NC(=O)c2cnn3c(-c4ccccc4)ccnc23)c1. The molecule has 0 aliphatic rings. The molecule has 0 saturated heterocycles. The number of benzene rings is 2. The number of nitrogens with zero attached hydrogens (tertiary/aromatic N) is 3. The van der Waals surface area contributed by atoms with Gasteiger partial charge in [-0.25, -0.2) is 9.50 Å². The fourth-order valence-corrected chi connectivity index (χ4v) is 3.20. The van der Waals surface area contributed by atoms with Gasteiger partial charge in [-0.05, 0) is 30.7 Å². The number of carbonyl (C=O) groups is 2. The van der Waals surface area contributed by atoms with Crippen LogP contribution >= 0.6 is 0 Å². The first-order valence-electron chi connectivity index (χ1n) is 9.75. The Morgan fingerprint density at radius 2 is 1.73 bits per heavy atom. The summed E-state index contributed by atoms with van der Waals surface area (Å²) in [6, 6.07) is 18.7. The molecule has 0 atom stereocenters. The molecule has 0 aliphatic heterocycles. The summed E-state index contributed by atoms with van der Waals surface area (Å²) < 4.78 is 1.66. The van der Waals surface area contributed by atoms with Crippen LogP contribution in [0.2, 0.25) is 0 Å². The first-order chi connectivity index (χ1) is 14.7. The smallest absolute Gasteiger partial charge is 0.261 e. The number of amides is 2. The minimum atomic E-state index is -0.320. The van der Waals surface area contributed by atoms with E-state index < -0.39 is 0 Å². The van der Waals surface area contributed by atoms with Gasteiger partial charge in [0.1, 0.15) is 5.56 Å². The lowest BCUT2D eigenvalue weighted by Crippen LogP contribution is -2.13. The van der Waals surface area contributed by atoms with Gasteiger partial charge in [-0.1, -0.05) is 43.3 Å². The molecule has 7 nitrogen and oxygen atoms in total. The van der Waals surface area contributed by atoms with Gasteiger partial charge in [0.25, 0.3) is 5.91 Å². The molecule has 0 fully saturated rings. The van der Waals surface area contributed by atoms with Gasteiger partial charge < -0.3 is 10.6 Å². The van der Waals surface area contributed by atoms with Crippen molar-refractivity contribution in [2.75, 3.05) is 10.6 Å². The molecule has 0 spiro atoms. The molecule has 4 rings (SSSR count). The summed E-state index contributed by atoms with van der Waals surface area (Å²) >= 11 is 0. The molecule has 150 valence electrons. The van der Waals surface area contributed by atoms with E-state index in [1.54, 1.807) is 35.0 Å². The van der Waals surface area contributed by atoms with Crippen LogP contribution in [0.15, 0.2) is 73.1 Å². The van der Waals surface area contributed by atoms with Crippen LogP contribution in [0.5, 0.6) is 0 Å². The third kappa shape index (κ3) is 4.05. The van der Waals surface area contributed by atoms with Crippen LogP contribution in [0.25, 0.3) is 16.9 Å². The van der Waals surface area contributed by atoms with Gasteiger partial charge in [0.2, 0.25) is 5.91 Å². The van der Waals surface area contributed by atoms with Gasteiger partial charge >= 0.3 is 0 Å². The summed E-state index contributed by atoms with van der Waals surface area (Å²) in [7, 11) is 0. The minimum Gasteiger partial charge on any atom is -0.326 e. The van der Waals surface area contributed by atoms with Crippen molar-refractivity contribution in [3.8, 4) is 11.3 Å². The Hall–Kier alpha value is -4.00. The molecular formula is C23H21N5O2. The number of aromatic nitrogens is 3. The second-order valence-electron chi connectivity index (χ2n) is 6.82. The maximum atomic E-state index is 12.9. The van der Waals surface area contributed by atoms with E-state index in [4.69, 9.17) is 0 Å². The average molecular weight is 399 g/mol. The van der Waals surface area contributed by atoms with E-state index in [9.17, 15) is 9.59 Å². The second kappa shape index (κ2) is 8.57. The van der Waals surface area contributed by atoms with E-state index in [0.29, 0.717) is 29.0 Å². The molecule has 2 aromatic heterocycles. The Balaban J connectivity index is 1.58. The van der Waals surface area contributed by atoms with Crippen LogP contribution in [0.1, 0.15) is 30.1 Å². The highest BCUT2D eigenvalue weighted by Gasteiger charge is 2.16. The predicted molar refractivity (Wildman–Crippen MR) is 116 cm³/mol. The van der Waals surface area contributed by atoms with Crippen molar-refractivity contribution >= 4 is 28.8 Å². The standard InChI is InChI=1S/C23H21N5O2/c1-2-7-21(29)26-17-10-6-11-18(14-17)27-23(30)19-15-25-28-20(12-13-24-22(19)28)16-8-4-3-5-9-16/h3-6,8-15H,2,7H2,1H3,(H,26,29)(H,27,30). The van der Waals surface area contributed by atoms with Crippen LogP contribution in [0.3, 0.4) is 0 Å². The summed E-state index contributed by atoms with van der Waals surface area (Å²) in [5.74, 6) is -0.374. The molecular weight excluding hydrogens is 378 g/mol. The van der Waals surface area contributed by atoms with E-state index in [2.05, 4.69) is 20.7 Å². The first-order valence-corrected chi connectivity index (χ1v) is 9.75. The third-order valence-electron chi connectivity index (χ3n) is 4.60. The van der Waals surface area contributed by atoms with Gasteiger partial charge in [-0.2, -0.15) is 5.10 Å². The molecule has 0 saturated carbocycles. The van der Waals surface area contributed by atoms with Crippen molar-refractivity contribution in [3.05, 3.63) is 78.6 Å². The average Bonchev–Trinajstić information content (AvgIpc) is 3.19. The Kier molecular flexibility index (Phi) is 5.52. The zero-order chi connectivity index (χ0) is 20.9. The number of rotatable bonds is 6. The summed E-state index contributed by atoms with van der Waals surface area (Å²) in [5, 5.41) is 10.1. The van der Waals surface area contributed by atoms with Gasteiger partial charge in [0, 0.05) is 29.6 Å². The molecule has 2 aromatic carbocycles. The van der Waals surface area contributed by atoms with E-state index in [1.807, 2.05) is 43.3 Å². The predicted octanol–water partition coefficient (Wildman–Crippen LogP) is 4.39. The molecule has 0 unspecified atom stereocenters. The molecule has 4 aromatic rings. The third-order valence-corrected chi connectivity index (χ3v) is 4.60. The van der Waals surface area contributed by atoms with Crippen LogP contribution in [0, 0.1) is 0 Å². The Morgan fingerprint density at radius 3 is 2.50 bits per heavy atom. The van der Waals surface area contributed by atoms with Gasteiger partial charge in [-0.3, -0.25) is 9.59 Å². The largest absolute Gasteiger partial charge is 0.326 e. The monoisotopic (exact) mass is 399 g/mol. The summed E-state index contributed by atoms with van der Waals surface area (Å²) in [4.78, 5) is 29.0. The van der Waals surface area contributed by atoms with E-state index in [0.717, 1.165) is 17.7 Å². The molecule has 2 N–H and O–H groups in total. The number of hydrogen-bond acceptors (Lipinski definition) is 4. The highest BCUT2D eigenvalue weighted by molar-refractivity contribution is 6.08. The molecule has 0 radical (unpaired) electrons. The zero-order valence-corrected chi connectivity index (χ0v) is 16.5. The number of carbonyl (C=O) groups excluding carboxylic acids is 2. The summed E-state index contributed by atoms with van der Waals surface area (Å²) in [6.45, 7) is 1.95. The van der Waals surface area contributed by atoms with Crippen LogP contribution < -0.4 is 10.6 Å². The lowest BCUT2D eigenvalue weighted by atomic mass is 10.1. The minimum absolute atomic E-state index is 0.0544. The summed E-state index contributed by atoms with van der Waals surface area (Å²) in [5.41, 5.74) is 3.88. The van der Waals surface area contributed by atoms with Crippen molar-refractivity contribution in [2.24, 2.45) is 0 Å². The first kappa shape index (κ1) is 19.3. The van der Waals surface area contributed by atoms with Gasteiger partial charge in [-0.15, -0.1) is 0 Å². The second-order valence-corrected chi connectivity index (χ2v) is 6.82. The topological polar surface area (TPSA) is 88.4 Å². The maximum Gasteiger partial charge on any atom is 0.261 e. The molecule has 2 heterocycles. The number of fused-ring (bicyclic) bond motifs is 1. The van der Waals surface area contributed by atoms with E-state index in [1.165, 1.54) is 6.20 Å². The zero-order valence-electron chi connectivity index (χ0n) is 16.5. The van der Waals surface area contributed by atoms with Gasteiger partial charge in [0.15, 0.2) is 5.65 Å².